The summed E-state index contributed by atoms with van der Waals surface area (Å²) < 4.78 is 5.48. The molecule has 0 fully saturated rings. The summed E-state index contributed by atoms with van der Waals surface area (Å²) in [6.45, 7) is 4.86. The van der Waals surface area contributed by atoms with Crippen LogP contribution in [0.3, 0.4) is 0 Å². The number of rotatable bonds is 53. The highest BCUT2D eigenvalue weighted by Crippen LogP contribution is 2.15. The van der Waals surface area contributed by atoms with Crippen molar-refractivity contribution in [3.05, 3.63) is 48.6 Å². The summed E-state index contributed by atoms with van der Waals surface area (Å²) in [5, 5.41) is 23.0. The van der Waals surface area contributed by atoms with Gasteiger partial charge in [-0.25, -0.2) is 0 Å². The van der Waals surface area contributed by atoms with Gasteiger partial charge in [-0.2, -0.15) is 0 Å². The molecule has 0 heterocycles. The van der Waals surface area contributed by atoms with E-state index in [2.05, 4.69) is 55.6 Å². The van der Waals surface area contributed by atoms with Crippen LogP contribution < -0.4 is 5.32 Å². The highest BCUT2D eigenvalue weighted by Gasteiger charge is 2.18. The number of hydrogen-bond donors (Lipinski definition) is 3. The molecule has 0 bridgehead atoms. The molecule has 0 saturated heterocycles. The van der Waals surface area contributed by atoms with Gasteiger partial charge in [-0.1, -0.05) is 242 Å². The predicted octanol–water partition coefficient (Wildman–Crippen LogP) is 17.8. The van der Waals surface area contributed by atoms with Crippen LogP contribution in [0.15, 0.2) is 48.6 Å². The quantitative estimate of drug-likeness (QED) is 0.0321. The molecule has 0 spiro atoms. The zero-order chi connectivity index (χ0) is 47.9. The van der Waals surface area contributed by atoms with E-state index in [9.17, 15) is 19.8 Å². The molecule has 0 aromatic carbocycles. The summed E-state index contributed by atoms with van der Waals surface area (Å²) in [6.07, 6.45) is 69.9. The van der Waals surface area contributed by atoms with E-state index in [1.54, 1.807) is 6.08 Å². The third-order valence-corrected chi connectivity index (χ3v) is 13.1. The van der Waals surface area contributed by atoms with Gasteiger partial charge in [0.15, 0.2) is 0 Å². The standard InChI is InChI=1S/C60H111NO5/c1-3-5-7-9-11-13-15-16-17-18-24-27-30-34-38-42-46-50-54-60(65)66-55-51-47-43-39-35-31-28-25-22-20-19-21-23-26-29-33-37-41-45-49-53-59(64)61-57(56-62)58(63)52-48-44-40-36-32-14-12-10-8-6-4-2/h13,15,17-19,21,48,52,57-58,62-63H,3-12,14,16,20,22-47,49-51,53-56H2,1-2H3,(H,61,64)/b15-13-,18-17-,21-19-,52-48+. The lowest BCUT2D eigenvalue weighted by atomic mass is 10.1. The molecule has 66 heavy (non-hydrogen) atoms. The first-order valence-corrected chi connectivity index (χ1v) is 28.9. The lowest BCUT2D eigenvalue weighted by Crippen LogP contribution is -2.45. The second-order valence-corrected chi connectivity index (χ2v) is 19.6. The summed E-state index contributed by atoms with van der Waals surface area (Å²) in [5.74, 6) is -0.0812. The van der Waals surface area contributed by atoms with Crippen molar-refractivity contribution in [3.63, 3.8) is 0 Å². The smallest absolute Gasteiger partial charge is 0.305 e. The van der Waals surface area contributed by atoms with Crippen LogP contribution in [0.1, 0.15) is 296 Å². The first-order valence-electron chi connectivity index (χ1n) is 28.9. The van der Waals surface area contributed by atoms with Gasteiger partial charge in [0.25, 0.3) is 0 Å². The second kappa shape index (κ2) is 55.4. The average Bonchev–Trinajstić information content (AvgIpc) is 3.32. The summed E-state index contributed by atoms with van der Waals surface area (Å²) in [4.78, 5) is 24.5. The molecule has 0 aromatic rings. The lowest BCUT2D eigenvalue weighted by molar-refractivity contribution is -0.143. The van der Waals surface area contributed by atoms with E-state index in [-0.39, 0.29) is 18.5 Å². The number of amides is 1. The predicted molar refractivity (Wildman–Crippen MR) is 287 cm³/mol. The molecule has 0 aliphatic rings. The number of nitrogens with one attached hydrogen (secondary N) is 1. The largest absolute Gasteiger partial charge is 0.466 e. The van der Waals surface area contributed by atoms with E-state index in [1.165, 1.54) is 212 Å². The zero-order valence-electron chi connectivity index (χ0n) is 43.9. The van der Waals surface area contributed by atoms with Crippen molar-refractivity contribution < 1.29 is 24.5 Å². The first-order chi connectivity index (χ1) is 32.5. The van der Waals surface area contributed by atoms with Crippen LogP contribution in [-0.4, -0.2) is 47.4 Å². The van der Waals surface area contributed by atoms with E-state index in [0.717, 1.165) is 57.8 Å². The molecule has 386 valence electrons. The van der Waals surface area contributed by atoms with Crippen molar-refractivity contribution in [2.45, 2.75) is 309 Å². The van der Waals surface area contributed by atoms with Crippen LogP contribution in [0.25, 0.3) is 0 Å². The fraction of sp³-hybridized carbons (Fsp3) is 0.833. The summed E-state index contributed by atoms with van der Waals surface area (Å²) >= 11 is 0. The minimum Gasteiger partial charge on any atom is -0.466 e. The number of aliphatic hydroxyl groups excluding tert-OH is 2. The van der Waals surface area contributed by atoms with Gasteiger partial charge in [0.1, 0.15) is 0 Å². The summed E-state index contributed by atoms with van der Waals surface area (Å²) in [5.41, 5.74) is 0. The molecule has 2 unspecified atom stereocenters. The molecule has 6 nitrogen and oxygen atoms in total. The molecule has 0 radical (unpaired) electrons. The Morgan fingerprint density at radius 2 is 0.758 bits per heavy atom. The molecule has 2 atom stereocenters. The molecule has 6 heteroatoms. The Balaban J connectivity index is 3.44. The SMILES string of the molecule is CCCCCC/C=C\C/C=C\CCCCCCCCCC(=O)OCCCCCCCCCCC/C=C\CCCCCCCCCC(=O)NC(CO)C(O)/C=C/CCCCCCCCCCC. The van der Waals surface area contributed by atoms with Crippen molar-refractivity contribution in [2.75, 3.05) is 13.2 Å². The lowest BCUT2D eigenvalue weighted by Gasteiger charge is -2.20. The van der Waals surface area contributed by atoms with Gasteiger partial charge in [0.2, 0.25) is 5.91 Å². The second-order valence-electron chi connectivity index (χ2n) is 19.6. The Kier molecular flexibility index (Phi) is 53.6. The van der Waals surface area contributed by atoms with Crippen LogP contribution in [0, 0.1) is 0 Å². The van der Waals surface area contributed by atoms with Crippen molar-refractivity contribution in [1.82, 2.24) is 5.32 Å². The summed E-state index contributed by atoms with van der Waals surface area (Å²) in [7, 11) is 0. The number of ether oxygens (including phenoxy) is 1. The van der Waals surface area contributed by atoms with E-state index >= 15 is 0 Å². The normalized spacial score (nSPS) is 13.0. The minimum atomic E-state index is -0.849. The van der Waals surface area contributed by atoms with Crippen molar-refractivity contribution in [1.29, 1.82) is 0 Å². The van der Waals surface area contributed by atoms with Crippen LogP contribution in [0.4, 0.5) is 0 Å². The van der Waals surface area contributed by atoms with Crippen molar-refractivity contribution in [2.24, 2.45) is 0 Å². The van der Waals surface area contributed by atoms with Gasteiger partial charge in [0.05, 0.1) is 25.4 Å². The Morgan fingerprint density at radius 3 is 1.18 bits per heavy atom. The molecular formula is C60H111NO5. The van der Waals surface area contributed by atoms with Gasteiger partial charge < -0.3 is 20.3 Å². The highest BCUT2D eigenvalue weighted by molar-refractivity contribution is 5.76. The van der Waals surface area contributed by atoms with Crippen LogP contribution >= 0.6 is 0 Å². The highest BCUT2D eigenvalue weighted by atomic mass is 16.5. The molecular weight excluding hydrogens is 815 g/mol. The Morgan fingerprint density at radius 1 is 0.424 bits per heavy atom. The number of unbranched alkanes of at least 4 members (excludes halogenated alkanes) is 36. The maximum Gasteiger partial charge on any atom is 0.305 e. The van der Waals surface area contributed by atoms with Crippen LogP contribution in [0.2, 0.25) is 0 Å². The maximum atomic E-state index is 12.4. The Hall–Kier alpha value is -2.18. The van der Waals surface area contributed by atoms with Gasteiger partial charge >= 0.3 is 5.97 Å². The molecule has 0 aliphatic carbocycles. The number of hydrogen-bond acceptors (Lipinski definition) is 5. The number of carbonyl (C=O) groups excluding carboxylic acids is 2. The Labute approximate surface area is 410 Å². The van der Waals surface area contributed by atoms with E-state index in [4.69, 9.17) is 4.74 Å². The molecule has 1 amide bonds. The van der Waals surface area contributed by atoms with Gasteiger partial charge in [-0.15, -0.1) is 0 Å². The topological polar surface area (TPSA) is 95.9 Å². The monoisotopic (exact) mass is 926 g/mol. The van der Waals surface area contributed by atoms with Gasteiger partial charge in [-0.3, -0.25) is 9.59 Å². The third kappa shape index (κ3) is 51.2. The van der Waals surface area contributed by atoms with E-state index in [1.807, 2.05) is 6.08 Å². The van der Waals surface area contributed by atoms with Crippen LogP contribution in [-0.2, 0) is 14.3 Å². The van der Waals surface area contributed by atoms with Crippen LogP contribution in [0.5, 0.6) is 0 Å². The molecule has 3 N–H and O–H groups in total. The number of esters is 1. The first kappa shape index (κ1) is 63.8. The molecule has 0 aliphatic heterocycles. The Bertz CT molecular complexity index is 1110. The van der Waals surface area contributed by atoms with Crippen molar-refractivity contribution in [3.8, 4) is 0 Å². The number of aliphatic hydroxyl groups is 2. The zero-order valence-corrected chi connectivity index (χ0v) is 43.9. The summed E-state index contributed by atoms with van der Waals surface area (Å²) in [6, 6.07) is -0.634. The van der Waals surface area contributed by atoms with E-state index in [0.29, 0.717) is 19.4 Å². The maximum absolute atomic E-state index is 12.4. The fourth-order valence-electron chi connectivity index (χ4n) is 8.60. The van der Waals surface area contributed by atoms with Gasteiger partial charge in [-0.05, 0) is 89.9 Å². The molecule has 0 saturated carbocycles. The van der Waals surface area contributed by atoms with Gasteiger partial charge in [0, 0.05) is 12.8 Å². The fourth-order valence-corrected chi connectivity index (χ4v) is 8.60. The average molecular weight is 927 g/mol. The number of allylic oxidation sites excluding steroid dienone is 7. The molecule has 0 aromatic heterocycles. The molecule has 0 rings (SSSR count). The number of carbonyl (C=O) groups is 2. The van der Waals surface area contributed by atoms with Crippen molar-refractivity contribution >= 4 is 11.9 Å². The van der Waals surface area contributed by atoms with E-state index < -0.39 is 12.1 Å². The third-order valence-electron chi connectivity index (χ3n) is 13.1. The minimum absolute atomic E-state index is 0.00247.